The van der Waals surface area contributed by atoms with Crippen LogP contribution >= 0.6 is 11.8 Å². The molecule has 0 amide bonds. The largest absolute Gasteiger partial charge is 0.508 e. The molecule has 1 aromatic heterocycles. The van der Waals surface area contributed by atoms with Gasteiger partial charge in [0.05, 0.1) is 11.7 Å². The summed E-state index contributed by atoms with van der Waals surface area (Å²) >= 11 is 1.71. The Bertz CT molecular complexity index is 547. The Hall–Kier alpha value is -1.42. The predicted octanol–water partition coefficient (Wildman–Crippen LogP) is 4.00. The zero-order valence-corrected chi connectivity index (χ0v) is 11.6. The molecule has 1 saturated carbocycles. The number of thioether (sulfide) groups is 1. The molecule has 100 valence electrons. The molecule has 0 aliphatic heterocycles. The molecule has 0 radical (unpaired) electrons. The topological polar surface area (TPSA) is 38.0 Å². The fourth-order valence-corrected chi connectivity index (χ4v) is 3.40. The van der Waals surface area contributed by atoms with Crippen LogP contribution in [0, 0.1) is 0 Å². The second-order valence-corrected chi connectivity index (χ2v) is 6.06. The van der Waals surface area contributed by atoms with Gasteiger partial charge in [0, 0.05) is 16.8 Å². The minimum atomic E-state index is 0.321. The maximum Gasteiger partial charge on any atom is 0.116 e. The molecule has 1 fully saturated rings. The fraction of sp³-hybridized carbons (Fsp3) is 0.400. The van der Waals surface area contributed by atoms with Crippen LogP contribution < -0.4 is 0 Å². The zero-order chi connectivity index (χ0) is 13.1. The van der Waals surface area contributed by atoms with Crippen LogP contribution in [0.15, 0.2) is 41.4 Å². The minimum absolute atomic E-state index is 0.321. The van der Waals surface area contributed by atoms with E-state index in [9.17, 15) is 5.11 Å². The molecule has 1 heterocycles. The Morgan fingerprint density at radius 1 is 1.26 bits per heavy atom. The van der Waals surface area contributed by atoms with Crippen molar-refractivity contribution in [2.45, 2.75) is 42.4 Å². The van der Waals surface area contributed by atoms with E-state index in [0.717, 1.165) is 16.3 Å². The van der Waals surface area contributed by atoms with Crippen molar-refractivity contribution >= 4 is 11.8 Å². The van der Waals surface area contributed by atoms with Crippen molar-refractivity contribution in [2.24, 2.45) is 0 Å². The predicted molar refractivity (Wildman–Crippen MR) is 77.4 cm³/mol. The molecule has 0 spiro atoms. The number of aromatic nitrogens is 2. The average molecular weight is 274 g/mol. The first-order chi connectivity index (χ1) is 9.31. The van der Waals surface area contributed by atoms with E-state index in [1.165, 1.54) is 25.7 Å². The van der Waals surface area contributed by atoms with Gasteiger partial charge in [-0.05, 0) is 37.1 Å². The smallest absolute Gasteiger partial charge is 0.116 e. The Morgan fingerprint density at radius 2 is 2.11 bits per heavy atom. The molecule has 3 nitrogen and oxygen atoms in total. The number of nitrogens with zero attached hydrogens (tertiary/aromatic N) is 2. The molecule has 1 aromatic carbocycles. The number of rotatable bonds is 4. The lowest BCUT2D eigenvalue weighted by Gasteiger charge is -2.08. The minimum Gasteiger partial charge on any atom is -0.508 e. The highest BCUT2D eigenvalue weighted by molar-refractivity contribution is 7.98. The molecular formula is C15H18N2OS. The number of phenolic OH excluding ortho intramolecular Hbond substituents is 1. The molecule has 4 heteroatoms. The molecular weight excluding hydrogens is 256 g/mol. The van der Waals surface area contributed by atoms with Crippen LogP contribution in [0.25, 0.3) is 0 Å². The summed E-state index contributed by atoms with van der Waals surface area (Å²) in [6.07, 6.45) is 7.30. The third-order valence-corrected chi connectivity index (χ3v) is 4.59. The van der Waals surface area contributed by atoms with Crippen LogP contribution in [0.5, 0.6) is 5.75 Å². The van der Waals surface area contributed by atoms with Gasteiger partial charge in [0.15, 0.2) is 0 Å². The maximum atomic E-state index is 9.42. The summed E-state index contributed by atoms with van der Waals surface area (Å²) < 4.78 is 2.13. The van der Waals surface area contributed by atoms with Gasteiger partial charge in [-0.1, -0.05) is 18.9 Å². The third kappa shape index (κ3) is 3.13. The fourth-order valence-electron chi connectivity index (χ4n) is 2.56. The molecule has 3 rings (SSSR count). The van der Waals surface area contributed by atoms with Crippen molar-refractivity contribution in [3.8, 4) is 5.75 Å². The van der Waals surface area contributed by atoms with Crippen molar-refractivity contribution < 1.29 is 5.11 Å². The Morgan fingerprint density at radius 3 is 2.89 bits per heavy atom. The van der Waals surface area contributed by atoms with E-state index in [1.54, 1.807) is 23.9 Å². The first-order valence-corrected chi connectivity index (χ1v) is 7.76. The van der Waals surface area contributed by atoms with Gasteiger partial charge < -0.3 is 5.11 Å². The molecule has 2 aromatic rings. The highest BCUT2D eigenvalue weighted by atomic mass is 32.2. The quantitative estimate of drug-likeness (QED) is 0.856. The first kappa shape index (κ1) is 12.6. The summed E-state index contributed by atoms with van der Waals surface area (Å²) in [5.41, 5.74) is 1.11. The summed E-state index contributed by atoms with van der Waals surface area (Å²) in [6, 6.07) is 10.1. The van der Waals surface area contributed by atoms with E-state index in [-0.39, 0.29) is 0 Å². The summed E-state index contributed by atoms with van der Waals surface area (Å²) in [4.78, 5) is 1.08. The van der Waals surface area contributed by atoms with Crippen molar-refractivity contribution in [3.63, 3.8) is 0 Å². The van der Waals surface area contributed by atoms with Gasteiger partial charge in [-0.3, -0.25) is 4.68 Å². The zero-order valence-electron chi connectivity index (χ0n) is 10.8. The lowest BCUT2D eigenvalue weighted by atomic mass is 10.3. The molecule has 0 bridgehead atoms. The van der Waals surface area contributed by atoms with Gasteiger partial charge in [-0.25, -0.2) is 0 Å². The van der Waals surface area contributed by atoms with Crippen LogP contribution in [-0.2, 0) is 5.75 Å². The second-order valence-electron chi connectivity index (χ2n) is 5.01. The number of phenols is 1. The monoisotopic (exact) mass is 274 g/mol. The molecule has 1 aliphatic rings. The third-order valence-electron chi connectivity index (χ3n) is 3.57. The number of hydrogen-bond acceptors (Lipinski definition) is 3. The normalized spacial score (nSPS) is 16.0. The lowest BCUT2D eigenvalue weighted by molar-refractivity contribution is 0.464. The first-order valence-electron chi connectivity index (χ1n) is 6.77. The summed E-state index contributed by atoms with van der Waals surface area (Å²) in [5.74, 6) is 1.17. The van der Waals surface area contributed by atoms with Crippen LogP contribution in [0.1, 0.15) is 37.4 Å². The van der Waals surface area contributed by atoms with Crippen LogP contribution in [-0.4, -0.2) is 14.9 Å². The molecule has 0 unspecified atom stereocenters. The molecule has 1 N–H and O–H groups in total. The maximum absolute atomic E-state index is 9.42. The van der Waals surface area contributed by atoms with Gasteiger partial charge in [0.1, 0.15) is 5.75 Å². The Balaban J connectivity index is 1.61. The Labute approximate surface area is 117 Å². The number of aromatic hydroxyl groups is 1. The number of hydrogen-bond donors (Lipinski definition) is 1. The van der Waals surface area contributed by atoms with Crippen LogP contribution in [0.2, 0.25) is 0 Å². The van der Waals surface area contributed by atoms with Crippen molar-refractivity contribution in [3.05, 3.63) is 42.2 Å². The van der Waals surface area contributed by atoms with Crippen LogP contribution in [0.3, 0.4) is 0 Å². The summed E-state index contributed by atoms with van der Waals surface area (Å²) in [7, 11) is 0. The average Bonchev–Trinajstić information content (AvgIpc) is 3.07. The molecule has 0 saturated heterocycles. The lowest BCUT2D eigenvalue weighted by Crippen LogP contribution is -2.05. The van der Waals surface area contributed by atoms with Crippen molar-refractivity contribution in [1.29, 1.82) is 0 Å². The SMILES string of the molecule is Oc1cccc(SCc2ccn(C3CCCC3)n2)c1. The van der Waals surface area contributed by atoms with E-state index in [1.807, 2.05) is 12.1 Å². The van der Waals surface area contributed by atoms with Gasteiger partial charge in [-0.2, -0.15) is 5.10 Å². The van der Waals surface area contributed by atoms with E-state index in [0.29, 0.717) is 11.8 Å². The summed E-state index contributed by atoms with van der Waals surface area (Å²) in [5, 5.41) is 14.1. The van der Waals surface area contributed by atoms with Crippen LogP contribution in [0.4, 0.5) is 0 Å². The molecule has 19 heavy (non-hydrogen) atoms. The van der Waals surface area contributed by atoms with Gasteiger partial charge >= 0.3 is 0 Å². The van der Waals surface area contributed by atoms with Gasteiger partial charge in [0.25, 0.3) is 0 Å². The standard InChI is InChI=1S/C15H18N2OS/c18-14-6-3-7-15(10-14)19-11-12-8-9-17(16-12)13-4-1-2-5-13/h3,6-10,13,18H,1-2,4-5,11H2. The van der Waals surface area contributed by atoms with E-state index >= 15 is 0 Å². The van der Waals surface area contributed by atoms with E-state index < -0.39 is 0 Å². The molecule has 0 atom stereocenters. The van der Waals surface area contributed by atoms with E-state index in [2.05, 4.69) is 22.0 Å². The van der Waals surface area contributed by atoms with Crippen molar-refractivity contribution in [2.75, 3.05) is 0 Å². The van der Waals surface area contributed by atoms with E-state index in [4.69, 9.17) is 0 Å². The summed E-state index contributed by atoms with van der Waals surface area (Å²) in [6.45, 7) is 0. The highest BCUT2D eigenvalue weighted by Gasteiger charge is 2.17. The highest BCUT2D eigenvalue weighted by Crippen LogP contribution is 2.30. The van der Waals surface area contributed by atoms with Gasteiger partial charge in [-0.15, -0.1) is 11.8 Å². The second kappa shape index (κ2) is 5.70. The Kier molecular flexibility index (Phi) is 3.78. The van der Waals surface area contributed by atoms with Gasteiger partial charge in [0.2, 0.25) is 0 Å². The molecule has 1 aliphatic carbocycles. The number of benzene rings is 1. The van der Waals surface area contributed by atoms with Crippen molar-refractivity contribution in [1.82, 2.24) is 9.78 Å².